The zero-order chi connectivity index (χ0) is 19.8. The third-order valence-corrected chi connectivity index (χ3v) is 8.99. The highest BCUT2D eigenvalue weighted by molar-refractivity contribution is 8.00. The van der Waals surface area contributed by atoms with E-state index in [0.29, 0.717) is 23.7 Å². The van der Waals surface area contributed by atoms with Crippen molar-refractivity contribution in [3.8, 4) is 0 Å². The van der Waals surface area contributed by atoms with Crippen molar-refractivity contribution in [1.82, 2.24) is 14.4 Å². The van der Waals surface area contributed by atoms with E-state index >= 15 is 0 Å². The Bertz CT molecular complexity index is 924. The average molecular weight is 431 g/mol. The molecule has 2 aromatic rings. The van der Waals surface area contributed by atoms with Gasteiger partial charge in [-0.1, -0.05) is 16.5 Å². The number of aromatic nitrogens is 2. The number of amides is 1. The first-order valence-corrected chi connectivity index (χ1v) is 12.0. The number of anilines is 1. The molecule has 1 aliphatic heterocycles. The normalized spacial score (nSPS) is 16.6. The van der Waals surface area contributed by atoms with Crippen molar-refractivity contribution in [1.29, 1.82) is 0 Å². The molecule has 0 aromatic carbocycles. The molecule has 8 nitrogen and oxygen atoms in total. The summed E-state index contributed by atoms with van der Waals surface area (Å²) in [5.74, 6) is -0.0510. The highest BCUT2D eigenvalue weighted by Gasteiger charge is 2.35. The number of hydrogen-bond donors (Lipinski definition) is 1. The lowest BCUT2D eigenvalue weighted by molar-refractivity contribution is -0.120. The van der Waals surface area contributed by atoms with E-state index in [4.69, 9.17) is 4.52 Å². The minimum atomic E-state index is -3.66. The molecule has 0 aliphatic carbocycles. The Balaban J connectivity index is 1.63. The third-order valence-electron chi connectivity index (χ3n) is 4.56. The van der Waals surface area contributed by atoms with Gasteiger partial charge in [-0.05, 0) is 39.9 Å². The Morgan fingerprint density at radius 1 is 1.26 bits per heavy atom. The highest BCUT2D eigenvalue weighted by atomic mass is 32.2. The summed E-state index contributed by atoms with van der Waals surface area (Å²) < 4.78 is 33.2. The zero-order valence-electron chi connectivity index (χ0n) is 15.6. The van der Waals surface area contributed by atoms with Crippen LogP contribution in [0.25, 0.3) is 0 Å². The maximum atomic E-state index is 12.8. The number of sulfonamides is 1. The summed E-state index contributed by atoms with van der Waals surface area (Å²) in [5.41, 5.74) is 1.26. The van der Waals surface area contributed by atoms with Gasteiger partial charge in [-0.2, -0.15) is 4.31 Å². The molecule has 0 spiro atoms. The molecule has 0 atom stereocenters. The minimum Gasteiger partial charge on any atom is -0.360 e. The van der Waals surface area contributed by atoms with Crippen molar-refractivity contribution in [3.05, 3.63) is 17.1 Å². The fourth-order valence-corrected chi connectivity index (χ4v) is 6.54. The quantitative estimate of drug-likeness (QED) is 0.727. The van der Waals surface area contributed by atoms with Crippen LogP contribution in [-0.2, 0) is 14.8 Å². The van der Waals surface area contributed by atoms with E-state index in [0.717, 1.165) is 9.90 Å². The van der Waals surface area contributed by atoms with Gasteiger partial charge in [0.2, 0.25) is 15.9 Å². The molecular weight excluding hydrogens is 408 g/mol. The van der Waals surface area contributed by atoms with Gasteiger partial charge in [0.25, 0.3) is 0 Å². The molecule has 1 saturated heterocycles. The first-order valence-electron chi connectivity index (χ1n) is 8.49. The number of nitrogens with one attached hydrogen (secondary N) is 1. The Kier molecular flexibility index (Phi) is 5.94. The first kappa shape index (κ1) is 20.3. The summed E-state index contributed by atoms with van der Waals surface area (Å²) >= 11 is 3.06. The molecule has 27 heavy (non-hydrogen) atoms. The van der Waals surface area contributed by atoms with Crippen LogP contribution < -0.4 is 5.32 Å². The van der Waals surface area contributed by atoms with Crippen LogP contribution in [0.4, 0.5) is 5.13 Å². The van der Waals surface area contributed by atoms with Crippen LogP contribution in [-0.4, -0.2) is 48.1 Å². The standard InChI is InChI=1S/C16H22N4O4S3/c1-9-13(11(3)24-19-9)27(22,23)20-7-5-12(6-8-20)14(21)18-16-17-10(2)15(25-4)26-16/h12H,5-8H2,1-4H3,(H,17,18,21). The molecule has 11 heteroatoms. The second-order valence-corrected chi connectivity index (χ2v) is 10.4. The zero-order valence-corrected chi connectivity index (χ0v) is 18.1. The van der Waals surface area contributed by atoms with Crippen molar-refractivity contribution in [2.24, 2.45) is 5.92 Å². The number of nitrogens with zero attached hydrogens (tertiary/aromatic N) is 3. The topological polar surface area (TPSA) is 105 Å². The lowest BCUT2D eigenvalue weighted by Gasteiger charge is -2.30. The second kappa shape index (κ2) is 7.90. The summed E-state index contributed by atoms with van der Waals surface area (Å²) in [6.07, 6.45) is 2.91. The van der Waals surface area contributed by atoms with Gasteiger partial charge in [0.15, 0.2) is 10.9 Å². The molecule has 1 amide bonds. The van der Waals surface area contributed by atoms with Gasteiger partial charge in [-0.3, -0.25) is 4.79 Å². The van der Waals surface area contributed by atoms with E-state index in [1.807, 2.05) is 13.2 Å². The maximum Gasteiger partial charge on any atom is 0.248 e. The van der Waals surface area contributed by atoms with E-state index in [2.05, 4.69) is 15.5 Å². The summed E-state index contributed by atoms with van der Waals surface area (Å²) in [6.45, 7) is 5.69. The maximum absolute atomic E-state index is 12.8. The summed E-state index contributed by atoms with van der Waals surface area (Å²) in [4.78, 5) is 17.0. The molecule has 2 aromatic heterocycles. The predicted molar refractivity (Wildman–Crippen MR) is 105 cm³/mol. The Labute approximate surface area is 166 Å². The molecule has 1 N–H and O–H groups in total. The Morgan fingerprint density at radius 3 is 2.44 bits per heavy atom. The highest BCUT2D eigenvalue weighted by Crippen LogP contribution is 2.32. The molecule has 3 rings (SSSR count). The van der Waals surface area contributed by atoms with Crippen LogP contribution in [0.2, 0.25) is 0 Å². The van der Waals surface area contributed by atoms with Crippen molar-refractivity contribution >= 4 is 44.2 Å². The van der Waals surface area contributed by atoms with E-state index < -0.39 is 10.0 Å². The smallest absolute Gasteiger partial charge is 0.248 e. The summed E-state index contributed by atoms with van der Waals surface area (Å²) in [6, 6.07) is 0. The van der Waals surface area contributed by atoms with Crippen LogP contribution >= 0.6 is 23.1 Å². The molecule has 1 aliphatic rings. The number of piperidine rings is 1. The lowest BCUT2D eigenvalue weighted by Crippen LogP contribution is -2.41. The molecular formula is C16H22N4O4S3. The monoisotopic (exact) mass is 430 g/mol. The Morgan fingerprint density at radius 2 is 1.93 bits per heavy atom. The second-order valence-electron chi connectivity index (χ2n) is 6.42. The molecule has 0 unspecified atom stereocenters. The fourth-order valence-electron chi connectivity index (χ4n) is 3.16. The number of thiazole rings is 1. The average Bonchev–Trinajstić information content (AvgIpc) is 3.16. The number of rotatable bonds is 5. The summed E-state index contributed by atoms with van der Waals surface area (Å²) in [7, 11) is -3.66. The van der Waals surface area contributed by atoms with Gasteiger partial charge >= 0.3 is 0 Å². The van der Waals surface area contributed by atoms with Crippen LogP contribution in [0.5, 0.6) is 0 Å². The van der Waals surface area contributed by atoms with E-state index in [9.17, 15) is 13.2 Å². The number of thioether (sulfide) groups is 1. The van der Waals surface area contributed by atoms with Gasteiger partial charge in [0.05, 0.1) is 9.90 Å². The molecule has 148 valence electrons. The molecule has 0 radical (unpaired) electrons. The summed E-state index contributed by atoms with van der Waals surface area (Å²) in [5, 5.41) is 7.19. The van der Waals surface area contributed by atoms with Crippen molar-refractivity contribution in [3.63, 3.8) is 0 Å². The van der Waals surface area contributed by atoms with Crippen molar-refractivity contribution in [2.45, 2.75) is 42.7 Å². The van der Waals surface area contributed by atoms with Crippen LogP contribution in [0.3, 0.4) is 0 Å². The van der Waals surface area contributed by atoms with Gasteiger partial charge < -0.3 is 9.84 Å². The molecule has 3 heterocycles. The van der Waals surface area contributed by atoms with Gasteiger partial charge in [0.1, 0.15) is 10.6 Å². The number of hydrogen-bond acceptors (Lipinski definition) is 8. The molecule has 0 saturated carbocycles. The van der Waals surface area contributed by atoms with Crippen molar-refractivity contribution in [2.75, 3.05) is 24.7 Å². The third kappa shape index (κ3) is 4.05. The number of carbonyl (C=O) groups is 1. The SMILES string of the molecule is CSc1sc(NC(=O)C2CCN(S(=O)(=O)c3c(C)noc3C)CC2)nc1C. The fraction of sp³-hybridized carbons (Fsp3) is 0.562. The largest absolute Gasteiger partial charge is 0.360 e. The van der Waals surface area contributed by atoms with Crippen molar-refractivity contribution < 1.29 is 17.7 Å². The molecule has 0 bridgehead atoms. The minimum absolute atomic E-state index is 0.106. The van der Waals surface area contributed by atoms with Gasteiger partial charge in [0, 0.05) is 19.0 Å². The van der Waals surface area contributed by atoms with Crippen LogP contribution in [0.1, 0.15) is 30.0 Å². The van der Waals surface area contributed by atoms with Crippen LogP contribution in [0, 0.1) is 26.7 Å². The van der Waals surface area contributed by atoms with E-state index in [1.54, 1.807) is 25.6 Å². The number of carbonyl (C=O) groups excluding carboxylic acids is 1. The first-order chi connectivity index (χ1) is 12.7. The van der Waals surface area contributed by atoms with Gasteiger partial charge in [-0.15, -0.1) is 11.8 Å². The predicted octanol–water partition coefficient (Wildman–Crippen LogP) is 2.82. The van der Waals surface area contributed by atoms with Crippen LogP contribution in [0.15, 0.2) is 13.6 Å². The Hall–Kier alpha value is -1.43. The number of aryl methyl sites for hydroxylation is 3. The molecule has 1 fully saturated rings. The van der Waals surface area contributed by atoms with Gasteiger partial charge in [-0.25, -0.2) is 13.4 Å². The van der Waals surface area contributed by atoms with E-state index in [1.165, 1.54) is 15.6 Å². The van der Waals surface area contributed by atoms with E-state index in [-0.39, 0.29) is 35.6 Å². The lowest BCUT2D eigenvalue weighted by atomic mass is 9.97.